The molecule has 0 aliphatic carbocycles. The summed E-state index contributed by atoms with van der Waals surface area (Å²) in [5.41, 5.74) is 2.51. The molecule has 0 saturated carbocycles. The van der Waals surface area contributed by atoms with Gasteiger partial charge in [0.15, 0.2) is 0 Å². The van der Waals surface area contributed by atoms with E-state index in [0.29, 0.717) is 0 Å². The molecule has 1 aromatic carbocycles. The predicted molar refractivity (Wildman–Crippen MR) is 63.6 cm³/mol. The van der Waals surface area contributed by atoms with Crippen molar-refractivity contribution in [2.75, 3.05) is 24.3 Å². The molecule has 1 rings (SSSR count). The third-order valence-electron chi connectivity index (χ3n) is 1.81. The van der Waals surface area contributed by atoms with Crippen LogP contribution in [0.2, 0.25) is 0 Å². The van der Waals surface area contributed by atoms with Crippen molar-refractivity contribution in [3.63, 3.8) is 0 Å². The molecule has 0 N–H and O–H groups in total. The molecule has 0 fully saturated rings. The largest absolute Gasteiger partial charge is 0.377 e. The minimum absolute atomic E-state index is 0.898. The quantitative estimate of drug-likeness (QED) is 0.733. The van der Waals surface area contributed by atoms with Crippen LogP contribution in [0.1, 0.15) is 5.56 Å². The number of hydrogen-bond donors (Lipinski definition) is 0. The van der Waals surface area contributed by atoms with Crippen molar-refractivity contribution >= 4 is 27.7 Å². The van der Waals surface area contributed by atoms with E-state index in [4.69, 9.17) is 0 Å². The molecule has 0 bridgehead atoms. The average Bonchev–Trinajstić information content (AvgIpc) is 2.15. The van der Waals surface area contributed by atoms with Crippen molar-refractivity contribution in [1.82, 2.24) is 0 Å². The highest BCUT2D eigenvalue weighted by atomic mass is 79.9. The molecule has 13 heavy (non-hydrogen) atoms. The fourth-order valence-electron chi connectivity index (χ4n) is 1.21. The molecule has 1 aromatic rings. The molecular formula is C11H14BrN. The Hall–Kier alpha value is -0.760. The number of hydrogen-bond acceptors (Lipinski definition) is 1. The number of benzene rings is 1. The lowest BCUT2D eigenvalue weighted by Crippen LogP contribution is -2.09. The standard InChI is InChI=1S/C11H14BrN/c1-13(2)11-8-4-3-6-10(11)7-5-9-12/h3-8H,9H2,1-2H3. The first-order valence-corrected chi connectivity index (χ1v) is 5.36. The highest BCUT2D eigenvalue weighted by Gasteiger charge is 1.98. The molecule has 0 spiro atoms. The normalized spacial score (nSPS) is 10.7. The van der Waals surface area contributed by atoms with E-state index in [2.05, 4.69) is 71.3 Å². The van der Waals surface area contributed by atoms with Crippen molar-refractivity contribution in [3.05, 3.63) is 35.9 Å². The fraction of sp³-hybridized carbons (Fsp3) is 0.273. The van der Waals surface area contributed by atoms with E-state index in [1.807, 2.05) is 0 Å². The number of allylic oxidation sites excluding steroid dienone is 1. The van der Waals surface area contributed by atoms with Gasteiger partial charge in [-0.25, -0.2) is 0 Å². The van der Waals surface area contributed by atoms with Crippen LogP contribution in [0, 0.1) is 0 Å². The van der Waals surface area contributed by atoms with E-state index in [0.717, 1.165) is 5.33 Å². The number of alkyl halides is 1. The third kappa shape index (κ3) is 2.88. The van der Waals surface area contributed by atoms with Gasteiger partial charge in [-0.2, -0.15) is 0 Å². The van der Waals surface area contributed by atoms with Gasteiger partial charge in [0.2, 0.25) is 0 Å². The van der Waals surface area contributed by atoms with Crippen molar-refractivity contribution in [3.8, 4) is 0 Å². The number of halogens is 1. The van der Waals surface area contributed by atoms with Gasteiger partial charge in [-0.3, -0.25) is 0 Å². The van der Waals surface area contributed by atoms with Crippen LogP contribution in [0.4, 0.5) is 5.69 Å². The first kappa shape index (κ1) is 10.3. The molecule has 0 amide bonds. The number of anilines is 1. The topological polar surface area (TPSA) is 3.24 Å². The molecule has 70 valence electrons. The summed E-state index contributed by atoms with van der Waals surface area (Å²) >= 11 is 3.37. The molecule has 0 atom stereocenters. The Labute approximate surface area is 88.2 Å². The van der Waals surface area contributed by atoms with Gasteiger partial charge in [0.25, 0.3) is 0 Å². The zero-order valence-electron chi connectivity index (χ0n) is 8.00. The van der Waals surface area contributed by atoms with E-state index < -0.39 is 0 Å². The Balaban J connectivity index is 2.97. The summed E-state index contributed by atoms with van der Waals surface area (Å²) in [5, 5.41) is 0.898. The first-order valence-electron chi connectivity index (χ1n) is 4.24. The van der Waals surface area contributed by atoms with Gasteiger partial charge in [-0.05, 0) is 11.6 Å². The van der Waals surface area contributed by atoms with E-state index in [-0.39, 0.29) is 0 Å². The van der Waals surface area contributed by atoms with Crippen LogP contribution in [0.3, 0.4) is 0 Å². The van der Waals surface area contributed by atoms with Gasteiger partial charge in [0.05, 0.1) is 0 Å². The summed E-state index contributed by atoms with van der Waals surface area (Å²) in [6.45, 7) is 0. The van der Waals surface area contributed by atoms with E-state index in [1.54, 1.807) is 0 Å². The SMILES string of the molecule is CN(C)c1ccccc1C=CCBr. The Morgan fingerprint density at radius 2 is 2.00 bits per heavy atom. The lowest BCUT2D eigenvalue weighted by atomic mass is 10.1. The highest BCUT2D eigenvalue weighted by Crippen LogP contribution is 2.19. The maximum atomic E-state index is 3.37. The van der Waals surface area contributed by atoms with E-state index in [1.165, 1.54) is 11.3 Å². The van der Waals surface area contributed by atoms with E-state index >= 15 is 0 Å². The third-order valence-corrected chi connectivity index (χ3v) is 2.18. The second-order valence-corrected chi connectivity index (χ2v) is 3.66. The Morgan fingerprint density at radius 1 is 1.31 bits per heavy atom. The highest BCUT2D eigenvalue weighted by molar-refractivity contribution is 9.09. The maximum absolute atomic E-state index is 3.37. The minimum Gasteiger partial charge on any atom is -0.377 e. The summed E-state index contributed by atoms with van der Waals surface area (Å²) in [5.74, 6) is 0. The van der Waals surface area contributed by atoms with Gasteiger partial charge >= 0.3 is 0 Å². The second-order valence-electron chi connectivity index (χ2n) is 3.01. The minimum atomic E-state index is 0.898. The molecule has 0 aromatic heterocycles. The van der Waals surface area contributed by atoms with Crippen molar-refractivity contribution in [2.45, 2.75) is 0 Å². The smallest absolute Gasteiger partial charge is 0.0434 e. The number of rotatable bonds is 3. The summed E-state index contributed by atoms with van der Waals surface area (Å²) in [4.78, 5) is 2.12. The first-order chi connectivity index (χ1) is 6.25. The molecule has 0 aliphatic heterocycles. The van der Waals surface area contributed by atoms with Crippen LogP contribution in [-0.4, -0.2) is 19.4 Å². The number of nitrogens with zero attached hydrogens (tertiary/aromatic N) is 1. The lowest BCUT2D eigenvalue weighted by molar-refractivity contribution is 1.13. The monoisotopic (exact) mass is 239 g/mol. The zero-order chi connectivity index (χ0) is 9.68. The van der Waals surface area contributed by atoms with Gasteiger partial charge in [0.1, 0.15) is 0 Å². The maximum Gasteiger partial charge on any atom is 0.0434 e. The van der Waals surface area contributed by atoms with E-state index in [9.17, 15) is 0 Å². The van der Waals surface area contributed by atoms with Crippen LogP contribution < -0.4 is 4.90 Å². The molecule has 2 heteroatoms. The summed E-state index contributed by atoms with van der Waals surface area (Å²) in [6, 6.07) is 8.35. The number of para-hydroxylation sites is 1. The Morgan fingerprint density at radius 3 is 2.62 bits per heavy atom. The predicted octanol–water partition coefficient (Wildman–Crippen LogP) is 3.16. The van der Waals surface area contributed by atoms with Crippen LogP contribution in [0.25, 0.3) is 6.08 Å². The summed E-state index contributed by atoms with van der Waals surface area (Å²) in [7, 11) is 4.11. The average molecular weight is 240 g/mol. The van der Waals surface area contributed by atoms with Crippen molar-refractivity contribution in [2.24, 2.45) is 0 Å². The van der Waals surface area contributed by atoms with Crippen molar-refractivity contribution < 1.29 is 0 Å². The molecule has 0 radical (unpaired) electrons. The van der Waals surface area contributed by atoms with Gasteiger partial charge in [-0.15, -0.1) is 0 Å². The lowest BCUT2D eigenvalue weighted by Gasteiger charge is -2.15. The van der Waals surface area contributed by atoms with Gasteiger partial charge in [0, 0.05) is 25.1 Å². The molecule has 0 aliphatic rings. The molecule has 0 unspecified atom stereocenters. The van der Waals surface area contributed by atoms with Gasteiger partial charge in [-0.1, -0.05) is 46.3 Å². The van der Waals surface area contributed by atoms with Crippen LogP contribution >= 0.6 is 15.9 Å². The summed E-state index contributed by atoms with van der Waals surface area (Å²) < 4.78 is 0. The zero-order valence-corrected chi connectivity index (χ0v) is 9.58. The Kier molecular flexibility index (Phi) is 4.03. The fourth-order valence-corrected chi connectivity index (χ4v) is 1.39. The molecule has 1 nitrogen and oxygen atoms in total. The van der Waals surface area contributed by atoms with Crippen LogP contribution in [0.5, 0.6) is 0 Å². The Bertz CT molecular complexity index is 292. The molecular weight excluding hydrogens is 226 g/mol. The van der Waals surface area contributed by atoms with Crippen molar-refractivity contribution in [1.29, 1.82) is 0 Å². The summed E-state index contributed by atoms with van der Waals surface area (Å²) in [6.07, 6.45) is 4.23. The second kappa shape index (κ2) is 5.07. The van der Waals surface area contributed by atoms with Crippen LogP contribution in [0.15, 0.2) is 30.3 Å². The van der Waals surface area contributed by atoms with Crippen LogP contribution in [-0.2, 0) is 0 Å². The molecule has 0 heterocycles. The van der Waals surface area contributed by atoms with Gasteiger partial charge < -0.3 is 4.90 Å². The molecule has 0 saturated heterocycles.